The first-order valence-corrected chi connectivity index (χ1v) is 6.33. The van der Waals surface area contributed by atoms with E-state index in [0.29, 0.717) is 23.1 Å². The van der Waals surface area contributed by atoms with E-state index in [4.69, 9.17) is 4.74 Å². The summed E-state index contributed by atoms with van der Waals surface area (Å²) in [5.74, 6) is 1.37. The fraction of sp³-hybridized carbons (Fsp3) is 0.0667. The largest absolute Gasteiger partial charge is 0.453 e. The molecule has 0 unspecified atom stereocenters. The number of anilines is 1. The second-order valence-electron chi connectivity index (χ2n) is 4.23. The monoisotopic (exact) mass is 283 g/mol. The van der Waals surface area contributed by atoms with E-state index in [0.717, 1.165) is 0 Å². The molecule has 3 rings (SSSR count). The average Bonchev–Trinajstić information content (AvgIpc) is 2.86. The summed E-state index contributed by atoms with van der Waals surface area (Å²) in [7, 11) is 1.29. The third-order valence-electron chi connectivity index (χ3n) is 2.85. The van der Waals surface area contributed by atoms with Gasteiger partial charge >= 0.3 is 6.09 Å². The summed E-state index contributed by atoms with van der Waals surface area (Å²) < 4.78 is 12.2. The zero-order chi connectivity index (χ0) is 14.7. The number of fused-ring (bicyclic) bond motifs is 1. The van der Waals surface area contributed by atoms with Gasteiger partial charge in [-0.1, -0.05) is 24.3 Å². The van der Waals surface area contributed by atoms with Crippen LogP contribution in [-0.2, 0) is 4.74 Å². The Hall–Kier alpha value is -3.02. The van der Waals surface area contributed by atoms with Crippen LogP contribution >= 0.6 is 0 Å². The minimum absolute atomic E-state index is 0.303. The highest BCUT2D eigenvalue weighted by molar-refractivity contribution is 5.85. The van der Waals surface area contributed by atoms with Crippen LogP contribution in [0.15, 0.2) is 54.7 Å². The molecule has 0 saturated heterocycles. The number of ether oxygens (including phenoxy) is 2. The van der Waals surface area contributed by atoms with E-state index < -0.39 is 6.09 Å². The Morgan fingerprint density at radius 1 is 1.14 bits per heavy atom. The zero-order valence-electron chi connectivity index (χ0n) is 11.3. The van der Waals surface area contributed by atoms with E-state index in [1.165, 1.54) is 7.11 Å². The Labute approximate surface area is 120 Å². The molecule has 6 heteroatoms. The standard InChI is InChI=1S/C15H13N3O3/c1-20-15(19)17-13-14(21-11-7-3-2-4-8-11)18-10-6-5-9-12(18)16-13/h2-10H,1H3,(H,17,19). The summed E-state index contributed by atoms with van der Waals surface area (Å²) in [6.07, 6.45) is 1.21. The van der Waals surface area contributed by atoms with Crippen molar-refractivity contribution >= 4 is 17.6 Å². The van der Waals surface area contributed by atoms with Gasteiger partial charge in [-0.3, -0.25) is 9.72 Å². The van der Waals surface area contributed by atoms with Crippen LogP contribution in [0.1, 0.15) is 0 Å². The van der Waals surface area contributed by atoms with Gasteiger partial charge in [0.15, 0.2) is 5.82 Å². The van der Waals surface area contributed by atoms with E-state index in [-0.39, 0.29) is 0 Å². The van der Waals surface area contributed by atoms with Crippen LogP contribution in [0.25, 0.3) is 5.65 Å². The van der Waals surface area contributed by atoms with Gasteiger partial charge in [0.25, 0.3) is 0 Å². The maximum Gasteiger partial charge on any atom is 0.412 e. The lowest BCUT2D eigenvalue weighted by Gasteiger charge is -2.07. The fourth-order valence-corrected chi connectivity index (χ4v) is 1.90. The van der Waals surface area contributed by atoms with Gasteiger partial charge in [0, 0.05) is 6.20 Å². The highest BCUT2D eigenvalue weighted by Crippen LogP contribution is 2.30. The lowest BCUT2D eigenvalue weighted by molar-refractivity contribution is 0.186. The van der Waals surface area contributed by atoms with E-state index in [1.807, 2.05) is 54.7 Å². The number of methoxy groups -OCH3 is 1. The molecule has 2 heterocycles. The van der Waals surface area contributed by atoms with Crippen molar-refractivity contribution in [3.8, 4) is 11.6 Å². The number of nitrogens with zero attached hydrogens (tertiary/aromatic N) is 2. The second-order valence-corrected chi connectivity index (χ2v) is 4.23. The van der Waals surface area contributed by atoms with Crippen LogP contribution in [0.5, 0.6) is 11.6 Å². The third-order valence-corrected chi connectivity index (χ3v) is 2.85. The second kappa shape index (κ2) is 5.54. The van der Waals surface area contributed by atoms with E-state index in [1.54, 1.807) is 4.40 Å². The number of imidazole rings is 1. The molecule has 0 spiro atoms. The van der Waals surface area contributed by atoms with Gasteiger partial charge in [-0.25, -0.2) is 9.78 Å². The molecule has 0 aliphatic rings. The molecule has 6 nitrogen and oxygen atoms in total. The molecule has 2 aromatic heterocycles. The zero-order valence-corrected chi connectivity index (χ0v) is 11.3. The van der Waals surface area contributed by atoms with Crippen molar-refractivity contribution in [2.45, 2.75) is 0 Å². The SMILES string of the molecule is COC(=O)Nc1nc2ccccn2c1Oc1ccccc1. The Morgan fingerprint density at radius 3 is 2.67 bits per heavy atom. The van der Waals surface area contributed by atoms with Crippen molar-refractivity contribution in [3.05, 3.63) is 54.7 Å². The highest BCUT2D eigenvalue weighted by atomic mass is 16.5. The molecule has 0 aliphatic carbocycles. The van der Waals surface area contributed by atoms with Crippen molar-refractivity contribution in [2.24, 2.45) is 0 Å². The molecule has 0 radical (unpaired) electrons. The Morgan fingerprint density at radius 2 is 1.90 bits per heavy atom. The van der Waals surface area contributed by atoms with Crippen molar-refractivity contribution in [1.82, 2.24) is 9.38 Å². The first kappa shape index (κ1) is 13.0. The van der Waals surface area contributed by atoms with Gasteiger partial charge in [-0.15, -0.1) is 0 Å². The van der Waals surface area contributed by atoms with Crippen molar-refractivity contribution in [1.29, 1.82) is 0 Å². The minimum atomic E-state index is -0.601. The molecule has 21 heavy (non-hydrogen) atoms. The maximum atomic E-state index is 11.4. The topological polar surface area (TPSA) is 64.9 Å². The van der Waals surface area contributed by atoms with Gasteiger partial charge in [-0.05, 0) is 24.3 Å². The molecular weight excluding hydrogens is 270 g/mol. The number of hydrogen-bond donors (Lipinski definition) is 1. The summed E-state index contributed by atoms with van der Waals surface area (Å²) in [6.45, 7) is 0. The van der Waals surface area contributed by atoms with E-state index in [2.05, 4.69) is 15.0 Å². The summed E-state index contributed by atoms with van der Waals surface area (Å²) in [6, 6.07) is 14.8. The highest BCUT2D eigenvalue weighted by Gasteiger charge is 2.16. The molecular formula is C15H13N3O3. The normalized spacial score (nSPS) is 10.3. The van der Waals surface area contributed by atoms with Crippen LogP contribution < -0.4 is 10.1 Å². The first-order chi connectivity index (χ1) is 10.3. The van der Waals surface area contributed by atoms with E-state index >= 15 is 0 Å². The van der Waals surface area contributed by atoms with Crippen LogP contribution in [-0.4, -0.2) is 22.6 Å². The number of rotatable bonds is 3. The lowest BCUT2D eigenvalue weighted by Crippen LogP contribution is -2.11. The van der Waals surface area contributed by atoms with Crippen molar-refractivity contribution < 1.29 is 14.3 Å². The number of carbonyl (C=O) groups is 1. The molecule has 3 aromatic rings. The summed E-state index contributed by atoms with van der Waals surface area (Å²) >= 11 is 0. The quantitative estimate of drug-likeness (QED) is 0.801. The molecule has 106 valence electrons. The van der Waals surface area contributed by atoms with Gasteiger partial charge in [0.05, 0.1) is 7.11 Å². The van der Waals surface area contributed by atoms with Crippen LogP contribution in [0.2, 0.25) is 0 Å². The number of aromatic nitrogens is 2. The van der Waals surface area contributed by atoms with Crippen molar-refractivity contribution in [2.75, 3.05) is 12.4 Å². The third kappa shape index (κ3) is 2.64. The molecule has 1 aromatic carbocycles. The number of pyridine rings is 1. The van der Waals surface area contributed by atoms with Gasteiger partial charge in [-0.2, -0.15) is 0 Å². The predicted octanol–water partition coefficient (Wildman–Crippen LogP) is 3.30. The summed E-state index contributed by atoms with van der Waals surface area (Å²) in [4.78, 5) is 15.7. The molecule has 0 saturated carbocycles. The lowest BCUT2D eigenvalue weighted by atomic mass is 10.3. The number of carbonyl (C=O) groups excluding carboxylic acids is 1. The smallest absolute Gasteiger partial charge is 0.412 e. The van der Waals surface area contributed by atoms with Crippen LogP contribution in [0.3, 0.4) is 0 Å². The Bertz CT molecular complexity index is 768. The first-order valence-electron chi connectivity index (χ1n) is 6.33. The average molecular weight is 283 g/mol. The van der Waals surface area contributed by atoms with Crippen molar-refractivity contribution in [3.63, 3.8) is 0 Å². The fourth-order valence-electron chi connectivity index (χ4n) is 1.90. The molecule has 0 atom stereocenters. The number of hydrogen-bond acceptors (Lipinski definition) is 4. The van der Waals surface area contributed by atoms with Gasteiger partial charge < -0.3 is 9.47 Å². The molecule has 0 bridgehead atoms. The minimum Gasteiger partial charge on any atom is -0.453 e. The molecule has 1 N–H and O–H groups in total. The van der Waals surface area contributed by atoms with E-state index in [9.17, 15) is 4.79 Å². The molecule has 0 fully saturated rings. The summed E-state index contributed by atoms with van der Waals surface area (Å²) in [5, 5.41) is 2.55. The van der Waals surface area contributed by atoms with Crippen LogP contribution in [0.4, 0.5) is 10.6 Å². The number of benzene rings is 1. The maximum absolute atomic E-state index is 11.4. The van der Waals surface area contributed by atoms with Gasteiger partial charge in [0.2, 0.25) is 5.88 Å². The van der Waals surface area contributed by atoms with Crippen LogP contribution in [0, 0.1) is 0 Å². The Balaban J connectivity index is 2.05. The number of para-hydroxylation sites is 1. The summed E-state index contributed by atoms with van der Waals surface area (Å²) in [5.41, 5.74) is 0.662. The Kier molecular flexibility index (Phi) is 3.42. The number of amides is 1. The molecule has 1 amide bonds. The molecule has 0 aliphatic heterocycles. The van der Waals surface area contributed by atoms with Gasteiger partial charge in [0.1, 0.15) is 11.4 Å². The number of nitrogens with one attached hydrogen (secondary N) is 1. The predicted molar refractivity (Wildman–Crippen MR) is 77.7 cm³/mol.